The number of halogens is 1. The van der Waals surface area contributed by atoms with Crippen LogP contribution in [0.1, 0.15) is 59.7 Å². The predicted molar refractivity (Wildman–Crippen MR) is 158 cm³/mol. The number of carbonyl (C=O) groups excluding carboxylic acids is 1. The van der Waals surface area contributed by atoms with Gasteiger partial charge in [-0.1, -0.05) is 54.4 Å². The fraction of sp³-hybridized carbons (Fsp3) is 0.400. The first-order valence-corrected chi connectivity index (χ1v) is 15.8. The number of benzene rings is 2. The van der Waals surface area contributed by atoms with Crippen LogP contribution in [-0.4, -0.2) is 61.1 Å². The van der Waals surface area contributed by atoms with Gasteiger partial charge in [0.2, 0.25) is 10.0 Å². The number of hydrogen-bond donors (Lipinski definition) is 4. The molecule has 11 heteroatoms. The van der Waals surface area contributed by atoms with Crippen molar-refractivity contribution in [1.29, 1.82) is 0 Å². The van der Waals surface area contributed by atoms with E-state index in [0.29, 0.717) is 29.6 Å². The van der Waals surface area contributed by atoms with E-state index in [1.807, 2.05) is 29.0 Å². The van der Waals surface area contributed by atoms with Crippen LogP contribution in [0.25, 0.3) is 11.1 Å². The molecule has 1 fully saturated rings. The highest BCUT2D eigenvalue weighted by Crippen LogP contribution is 2.31. The van der Waals surface area contributed by atoms with E-state index in [-0.39, 0.29) is 11.7 Å². The molecule has 1 heterocycles. The average Bonchev–Trinajstić information content (AvgIpc) is 2.96. The Morgan fingerprint density at radius 3 is 2.46 bits per heavy atom. The summed E-state index contributed by atoms with van der Waals surface area (Å²) in [5.74, 6) is -0.998. The zero-order valence-corrected chi connectivity index (χ0v) is 24.3. The van der Waals surface area contributed by atoms with Gasteiger partial charge >= 0.3 is 0 Å². The summed E-state index contributed by atoms with van der Waals surface area (Å²) >= 11 is 5.80. The van der Waals surface area contributed by atoms with Gasteiger partial charge in [-0.2, -0.15) is 0 Å². The van der Waals surface area contributed by atoms with Gasteiger partial charge in [-0.05, 0) is 73.5 Å². The Hall–Kier alpha value is -3.02. The highest BCUT2D eigenvalue weighted by Gasteiger charge is 2.23. The van der Waals surface area contributed by atoms with Crippen LogP contribution >= 0.6 is 11.6 Å². The first-order chi connectivity index (χ1) is 19.7. The van der Waals surface area contributed by atoms with E-state index in [1.54, 1.807) is 36.5 Å². The minimum Gasteiger partial charge on any atom is -0.490 e. The van der Waals surface area contributed by atoms with Gasteiger partial charge in [-0.15, -0.1) is 0 Å². The molecule has 0 bridgehead atoms. The van der Waals surface area contributed by atoms with Crippen LogP contribution in [-0.2, 0) is 16.4 Å². The second kappa shape index (κ2) is 14.7. The van der Waals surface area contributed by atoms with Gasteiger partial charge in [0.25, 0.3) is 5.91 Å². The van der Waals surface area contributed by atoms with Gasteiger partial charge < -0.3 is 20.3 Å². The number of nitrogens with one attached hydrogen (secondary N) is 2. The SMILES string of the molecule is O=C(NS(=O)(=O)CCO)c1ccc(-c2ccc(CCNC[C@H](O)c3ccc(Cl)nc3)cc2)cc1OC1CCCCC1. The second-order valence-corrected chi connectivity index (χ2v) is 12.4. The molecule has 0 spiro atoms. The predicted octanol–water partition coefficient (Wildman–Crippen LogP) is 4.03. The lowest BCUT2D eigenvalue weighted by Crippen LogP contribution is -2.34. The first kappa shape index (κ1) is 30.9. The van der Waals surface area contributed by atoms with Crippen LogP contribution in [0.5, 0.6) is 5.75 Å². The summed E-state index contributed by atoms with van der Waals surface area (Å²) in [4.78, 5) is 16.9. The Kier molecular flexibility index (Phi) is 11.1. The molecule has 3 aromatic rings. The molecule has 1 aliphatic carbocycles. The summed E-state index contributed by atoms with van der Waals surface area (Å²) in [6.07, 6.45) is 6.62. The van der Waals surface area contributed by atoms with Crippen molar-refractivity contribution in [3.63, 3.8) is 0 Å². The lowest BCUT2D eigenvalue weighted by molar-refractivity contribution is 0.0969. The maximum atomic E-state index is 12.9. The maximum Gasteiger partial charge on any atom is 0.268 e. The standard InChI is InChI=1S/C30H36ClN3O6S/c31-29-13-11-24(19-33-29)27(36)20-32-15-14-21-6-8-22(9-7-21)23-10-12-26(30(37)34-41(38,39)17-16-35)28(18-23)40-25-4-2-1-3-5-25/h6-13,18-19,25,27,32,35-36H,1-5,14-17,20H2,(H,34,37)/t27-/m0/s1. The summed E-state index contributed by atoms with van der Waals surface area (Å²) in [6, 6.07) is 16.6. The fourth-order valence-corrected chi connectivity index (χ4v) is 5.60. The molecule has 0 aliphatic heterocycles. The molecule has 0 unspecified atom stereocenters. The largest absolute Gasteiger partial charge is 0.490 e. The van der Waals surface area contributed by atoms with Crippen LogP contribution in [0.3, 0.4) is 0 Å². The third-order valence-electron chi connectivity index (χ3n) is 7.03. The van der Waals surface area contributed by atoms with Crippen molar-refractivity contribution in [3.05, 3.63) is 82.6 Å². The molecule has 41 heavy (non-hydrogen) atoms. The Balaban J connectivity index is 1.41. The molecule has 1 aliphatic rings. The summed E-state index contributed by atoms with van der Waals surface area (Å²) in [7, 11) is -3.96. The van der Waals surface area contributed by atoms with Gasteiger partial charge in [-0.25, -0.2) is 18.1 Å². The normalized spacial score (nSPS) is 14.9. The quantitative estimate of drug-likeness (QED) is 0.170. The molecular weight excluding hydrogens is 566 g/mol. The second-order valence-electron chi connectivity index (χ2n) is 10.1. The molecule has 0 saturated heterocycles. The number of carbonyl (C=O) groups is 1. The molecule has 9 nitrogen and oxygen atoms in total. The van der Waals surface area contributed by atoms with Crippen molar-refractivity contribution >= 4 is 27.5 Å². The van der Waals surface area contributed by atoms with Crippen LogP contribution in [0.15, 0.2) is 60.8 Å². The third kappa shape index (κ3) is 9.24. The number of aromatic nitrogens is 1. The Labute approximate surface area is 246 Å². The fourth-order valence-electron chi connectivity index (χ4n) is 4.75. The number of hydrogen-bond acceptors (Lipinski definition) is 8. The van der Waals surface area contributed by atoms with Gasteiger partial charge in [0.05, 0.1) is 30.1 Å². The van der Waals surface area contributed by atoms with E-state index in [2.05, 4.69) is 10.3 Å². The van der Waals surface area contributed by atoms with Gasteiger partial charge in [0, 0.05) is 18.3 Å². The third-order valence-corrected chi connectivity index (χ3v) is 8.47. The number of ether oxygens (including phenoxy) is 1. The van der Waals surface area contributed by atoms with Crippen LogP contribution in [0, 0.1) is 0 Å². The van der Waals surface area contributed by atoms with Gasteiger partial charge in [-0.3, -0.25) is 4.79 Å². The van der Waals surface area contributed by atoms with Crippen molar-refractivity contribution in [1.82, 2.24) is 15.0 Å². The molecule has 4 rings (SSSR count). The molecule has 0 radical (unpaired) electrons. The highest BCUT2D eigenvalue weighted by atomic mass is 35.5. The summed E-state index contributed by atoms with van der Waals surface area (Å²) < 4.78 is 32.4. The van der Waals surface area contributed by atoms with E-state index in [1.165, 1.54) is 0 Å². The number of rotatable bonds is 13. The van der Waals surface area contributed by atoms with Gasteiger partial charge in [0.15, 0.2) is 0 Å². The number of aliphatic hydroxyl groups excluding tert-OH is 2. The topological polar surface area (TPSA) is 138 Å². The van der Waals surface area contributed by atoms with Crippen molar-refractivity contribution in [2.75, 3.05) is 25.4 Å². The molecule has 1 amide bonds. The maximum absolute atomic E-state index is 12.9. The Morgan fingerprint density at radius 1 is 1.05 bits per heavy atom. The number of nitrogens with zero attached hydrogens (tertiary/aromatic N) is 1. The minimum absolute atomic E-state index is 0.0380. The average molecular weight is 602 g/mol. The molecule has 1 saturated carbocycles. The zero-order valence-electron chi connectivity index (χ0n) is 22.8. The van der Waals surface area contributed by atoms with Crippen molar-refractivity contribution in [2.45, 2.75) is 50.7 Å². The van der Waals surface area contributed by atoms with Crippen LogP contribution in [0.4, 0.5) is 0 Å². The van der Waals surface area contributed by atoms with Gasteiger partial charge in [0.1, 0.15) is 10.9 Å². The minimum atomic E-state index is -3.96. The summed E-state index contributed by atoms with van der Waals surface area (Å²) in [5.41, 5.74) is 3.73. The summed E-state index contributed by atoms with van der Waals surface area (Å²) in [5, 5.41) is 23.0. The van der Waals surface area contributed by atoms with Crippen molar-refractivity contribution in [2.24, 2.45) is 0 Å². The molecule has 1 aromatic heterocycles. The number of sulfonamides is 1. The molecule has 220 valence electrons. The monoisotopic (exact) mass is 601 g/mol. The molecule has 4 N–H and O–H groups in total. The lowest BCUT2D eigenvalue weighted by Gasteiger charge is -2.24. The molecule has 1 atom stereocenters. The van der Waals surface area contributed by atoms with Crippen molar-refractivity contribution in [3.8, 4) is 16.9 Å². The van der Waals surface area contributed by atoms with Crippen LogP contribution < -0.4 is 14.8 Å². The van der Waals surface area contributed by atoms with E-state index in [4.69, 9.17) is 21.4 Å². The van der Waals surface area contributed by atoms with Crippen molar-refractivity contribution < 1.29 is 28.2 Å². The first-order valence-electron chi connectivity index (χ1n) is 13.8. The zero-order chi connectivity index (χ0) is 29.2. The molecule has 2 aromatic carbocycles. The van der Waals surface area contributed by atoms with E-state index in [0.717, 1.165) is 55.2 Å². The highest BCUT2D eigenvalue weighted by molar-refractivity contribution is 7.90. The summed E-state index contributed by atoms with van der Waals surface area (Å²) in [6.45, 7) is 0.494. The number of aliphatic hydroxyl groups is 2. The number of amides is 1. The number of pyridine rings is 1. The van der Waals surface area contributed by atoms with E-state index in [9.17, 15) is 18.3 Å². The van der Waals surface area contributed by atoms with E-state index < -0.39 is 34.4 Å². The van der Waals surface area contributed by atoms with Crippen LogP contribution in [0.2, 0.25) is 5.15 Å². The smallest absolute Gasteiger partial charge is 0.268 e. The lowest BCUT2D eigenvalue weighted by atomic mass is 9.97. The van der Waals surface area contributed by atoms with E-state index >= 15 is 0 Å². The Bertz CT molecular complexity index is 1390. The molecular formula is C30H36ClN3O6S. The Morgan fingerprint density at radius 2 is 1.78 bits per heavy atom.